The van der Waals surface area contributed by atoms with Crippen molar-refractivity contribution in [2.75, 3.05) is 26.2 Å². The molecule has 1 aromatic heterocycles. The maximum Gasteiger partial charge on any atom is 0.307 e. The third-order valence-electron chi connectivity index (χ3n) is 4.03. The predicted molar refractivity (Wildman–Crippen MR) is 87.1 cm³/mol. The molecule has 1 aliphatic heterocycles. The molecule has 3 rings (SSSR count). The van der Waals surface area contributed by atoms with E-state index in [1.807, 2.05) is 0 Å². The van der Waals surface area contributed by atoms with Crippen LogP contribution in [-0.4, -0.2) is 50.7 Å². The number of nitro groups is 1. The van der Waals surface area contributed by atoms with Crippen molar-refractivity contribution in [2.24, 2.45) is 0 Å². The van der Waals surface area contributed by atoms with E-state index in [9.17, 15) is 14.5 Å². The molecule has 0 unspecified atom stereocenters. The molecule has 0 radical (unpaired) electrons. The van der Waals surface area contributed by atoms with Gasteiger partial charge in [-0.15, -0.1) is 0 Å². The van der Waals surface area contributed by atoms with Crippen LogP contribution in [0.4, 0.5) is 10.1 Å². The third-order valence-corrected chi connectivity index (χ3v) is 4.32. The summed E-state index contributed by atoms with van der Waals surface area (Å²) in [7, 11) is 0. The highest BCUT2D eigenvalue weighted by atomic mass is 35.5. The van der Waals surface area contributed by atoms with Crippen molar-refractivity contribution in [3.8, 4) is 0 Å². The Morgan fingerprint density at radius 1 is 1.25 bits per heavy atom. The largest absolute Gasteiger partial charge is 0.307 e. The first kappa shape index (κ1) is 16.8. The van der Waals surface area contributed by atoms with Crippen LogP contribution in [0.3, 0.4) is 0 Å². The molecule has 0 atom stereocenters. The lowest BCUT2D eigenvalue weighted by atomic mass is 10.2. The van der Waals surface area contributed by atoms with Crippen molar-refractivity contribution < 1.29 is 9.31 Å². The van der Waals surface area contributed by atoms with Gasteiger partial charge in [-0.05, 0) is 17.7 Å². The van der Waals surface area contributed by atoms with Crippen molar-refractivity contribution in [2.45, 2.75) is 13.2 Å². The Balaban J connectivity index is 1.49. The van der Waals surface area contributed by atoms with E-state index in [0.717, 1.165) is 38.3 Å². The molecule has 0 aliphatic carbocycles. The zero-order chi connectivity index (χ0) is 17.1. The molecule has 0 spiro atoms. The van der Waals surface area contributed by atoms with Gasteiger partial charge in [-0.3, -0.25) is 24.6 Å². The summed E-state index contributed by atoms with van der Waals surface area (Å²) in [6.45, 7) is 4.65. The van der Waals surface area contributed by atoms with E-state index in [2.05, 4.69) is 14.9 Å². The Labute approximate surface area is 143 Å². The molecule has 24 heavy (non-hydrogen) atoms. The zero-order valence-electron chi connectivity index (χ0n) is 12.9. The Morgan fingerprint density at radius 3 is 2.58 bits per heavy atom. The van der Waals surface area contributed by atoms with Gasteiger partial charge in [0.1, 0.15) is 18.2 Å². The van der Waals surface area contributed by atoms with Gasteiger partial charge in [0.25, 0.3) is 0 Å². The number of hydrogen-bond donors (Lipinski definition) is 0. The second kappa shape index (κ2) is 7.25. The van der Waals surface area contributed by atoms with E-state index < -0.39 is 10.7 Å². The minimum atomic E-state index is -0.449. The van der Waals surface area contributed by atoms with Crippen LogP contribution >= 0.6 is 11.6 Å². The molecule has 0 N–H and O–H groups in total. The number of rotatable bonds is 5. The van der Waals surface area contributed by atoms with Crippen molar-refractivity contribution in [1.29, 1.82) is 0 Å². The molecule has 128 valence electrons. The van der Waals surface area contributed by atoms with Crippen LogP contribution in [0.15, 0.2) is 30.6 Å². The molecule has 1 fully saturated rings. The summed E-state index contributed by atoms with van der Waals surface area (Å²) in [6.07, 6.45) is 2.70. The molecule has 0 amide bonds. The van der Waals surface area contributed by atoms with Crippen LogP contribution in [0, 0.1) is 15.9 Å². The maximum absolute atomic E-state index is 13.2. The third kappa shape index (κ3) is 4.08. The number of benzene rings is 1. The summed E-state index contributed by atoms with van der Waals surface area (Å²) in [5, 5.41) is 14.8. The quantitative estimate of drug-likeness (QED) is 0.609. The Morgan fingerprint density at radius 2 is 1.96 bits per heavy atom. The molecule has 2 heterocycles. The summed E-state index contributed by atoms with van der Waals surface area (Å²) in [4.78, 5) is 14.7. The van der Waals surface area contributed by atoms with Crippen molar-refractivity contribution in [3.05, 3.63) is 57.1 Å². The van der Waals surface area contributed by atoms with Crippen molar-refractivity contribution in [3.63, 3.8) is 0 Å². The number of piperazine rings is 1. The normalized spacial score (nSPS) is 16.4. The highest BCUT2D eigenvalue weighted by Gasteiger charge is 2.18. The molecule has 0 bridgehead atoms. The number of nitrogens with zero attached hydrogens (tertiary/aromatic N) is 5. The van der Waals surface area contributed by atoms with Gasteiger partial charge in [-0.25, -0.2) is 4.39 Å². The lowest BCUT2D eigenvalue weighted by Gasteiger charge is -2.34. The first-order valence-electron chi connectivity index (χ1n) is 7.57. The monoisotopic (exact) mass is 353 g/mol. The Hall–Kier alpha value is -2.03. The molecular weight excluding hydrogens is 337 g/mol. The molecular formula is C15H17ClFN5O2. The molecule has 1 saturated heterocycles. The minimum absolute atomic E-state index is 0.00169. The van der Waals surface area contributed by atoms with Crippen LogP contribution in [0.5, 0.6) is 0 Å². The van der Waals surface area contributed by atoms with Crippen molar-refractivity contribution >= 4 is 17.3 Å². The number of hydrogen-bond acceptors (Lipinski definition) is 5. The lowest BCUT2D eigenvalue weighted by molar-refractivity contribution is -0.385. The average molecular weight is 354 g/mol. The first-order valence-corrected chi connectivity index (χ1v) is 7.94. The standard InChI is InChI=1S/C15H17ClFN5O2/c16-14-7-12(1-2-15(14)17)9-19-3-5-20(6-4-19)11-21-10-13(8-18-21)22(23)24/h1-2,7-8,10H,3-6,9,11H2. The Bertz CT molecular complexity index is 730. The maximum atomic E-state index is 13.2. The van der Waals surface area contributed by atoms with Gasteiger partial charge in [-0.1, -0.05) is 17.7 Å². The van der Waals surface area contributed by atoms with Crippen LogP contribution in [0.1, 0.15) is 5.56 Å². The van der Waals surface area contributed by atoms with Gasteiger partial charge < -0.3 is 0 Å². The summed E-state index contributed by atoms with van der Waals surface area (Å²) >= 11 is 5.81. The van der Waals surface area contributed by atoms with Crippen LogP contribution in [0.25, 0.3) is 0 Å². The first-order chi connectivity index (χ1) is 11.5. The predicted octanol–water partition coefficient (Wildman–Crippen LogP) is 2.36. The number of halogens is 2. The van der Waals surface area contributed by atoms with Crippen LogP contribution in [0.2, 0.25) is 5.02 Å². The van der Waals surface area contributed by atoms with Gasteiger partial charge in [0.2, 0.25) is 0 Å². The van der Waals surface area contributed by atoms with Crippen LogP contribution in [-0.2, 0) is 13.2 Å². The molecule has 9 heteroatoms. The summed E-state index contributed by atoms with van der Waals surface area (Å²) in [6, 6.07) is 4.79. The Kier molecular flexibility index (Phi) is 5.08. The SMILES string of the molecule is O=[N+]([O-])c1cnn(CN2CCN(Cc3ccc(F)c(Cl)c3)CC2)c1. The van der Waals surface area contributed by atoms with Gasteiger partial charge in [0.15, 0.2) is 0 Å². The van der Waals surface area contributed by atoms with E-state index in [0.29, 0.717) is 6.67 Å². The second-order valence-electron chi connectivity index (χ2n) is 5.78. The fourth-order valence-electron chi connectivity index (χ4n) is 2.71. The molecule has 1 aliphatic rings. The molecule has 1 aromatic carbocycles. The molecule has 2 aromatic rings. The average Bonchev–Trinajstić information content (AvgIpc) is 3.02. The highest BCUT2D eigenvalue weighted by molar-refractivity contribution is 6.30. The van der Waals surface area contributed by atoms with E-state index in [4.69, 9.17) is 11.6 Å². The lowest BCUT2D eigenvalue weighted by Crippen LogP contribution is -2.46. The van der Waals surface area contributed by atoms with Gasteiger partial charge in [0, 0.05) is 32.7 Å². The van der Waals surface area contributed by atoms with Crippen molar-refractivity contribution in [1.82, 2.24) is 19.6 Å². The summed E-state index contributed by atoms with van der Waals surface area (Å²) in [5.74, 6) is -0.404. The molecule has 7 nitrogen and oxygen atoms in total. The van der Waals surface area contributed by atoms with Gasteiger partial charge in [0.05, 0.1) is 16.6 Å². The smallest absolute Gasteiger partial charge is 0.297 e. The molecule has 0 saturated carbocycles. The second-order valence-corrected chi connectivity index (χ2v) is 6.19. The van der Waals surface area contributed by atoms with E-state index in [-0.39, 0.29) is 10.7 Å². The highest BCUT2D eigenvalue weighted by Crippen LogP contribution is 2.18. The van der Waals surface area contributed by atoms with Gasteiger partial charge in [-0.2, -0.15) is 5.10 Å². The summed E-state index contributed by atoms with van der Waals surface area (Å²) < 4.78 is 14.8. The minimum Gasteiger partial charge on any atom is -0.297 e. The fourth-order valence-corrected chi connectivity index (χ4v) is 2.92. The zero-order valence-corrected chi connectivity index (χ0v) is 13.7. The van der Waals surface area contributed by atoms with E-state index in [1.54, 1.807) is 16.8 Å². The topological polar surface area (TPSA) is 67.4 Å². The fraction of sp³-hybridized carbons (Fsp3) is 0.400. The van der Waals surface area contributed by atoms with E-state index in [1.165, 1.54) is 18.5 Å². The van der Waals surface area contributed by atoms with Crippen LogP contribution < -0.4 is 0 Å². The van der Waals surface area contributed by atoms with Gasteiger partial charge >= 0.3 is 5.69 Å². The summed E-state index contributed by atoms with van der Waals surface area (Å²) in [5.41, 5.74) is 0.986. The van der Waals surface area contributed by atoms with E-state index >= 15 is 0 Å². The number of aromatic nitrogens is 2.